The van der Waals surface area contributed by atoms with Crippen LogP contribution in [0.5, 0.6) is 0 Å². The molecular formula is C18H38NO2+. The van der Waals surface area contributed by atoms with E-state index in [1.807, 2.05) is 21.1 Å². The van der Waals surface area contributed by atoms with Gasteiger partial charge in [0.2, 0.25) is 6.73 Å². The Morgan fingerprint density at radius 3 is 1.62 bits per heavy atom. The third-order valence-electron chi connectivity index (χ3n) is 3.60. The number of hydrogen-bond donors (Lipinski definition) is 0. The topological polar surface area (TPSA) is 26.3 Å². The summed E-state index contributed by atoms with van der Waals surface area (Å²) in [6.45, 7) is 2.73. The van der Waals surface area contributed by atoms with Crippen molar-refractivity contribution in [2.45, 2.75) is 84.0 Å². The quantitative estimate of drug-likeness (QED) is 0.197. The molecule has 3 nitrogen and oxygen atoms in total. The van der Waals surface area contributed by atoms with E-state index in [1.165, 1.54) is 57.8 Å². The van der Waals surface area contributed by atoms with Crippen molar-refractivity contribution in [2.24, 2.45) is 0 Å². The van der Waals surface area contributed by atoms with Crippen LogP contribution in [0.25, 0.3) is 0 Å². The number of ether oxygens (including phenoxy) is 1. The summed E-state index contributed by atoms with van der Waals surface area (Å²) in [4.78, 5) is 11.5. The van der Waals surface area contributed by atoms with E-state index in [1.54, 1.807) is 0 Å². The normalized spacial score (nSPS) is 11.6. The third-order valence-corrected chi connectivity index (χ3v) is 3.60. The largest absolute Gasteiger partial charge is 0.415 e. The van der Waals surface area contributed by atoms with Gasteiger partial charge in [-0.05, 0) is 6.42 Å². The van der Waals surface area contributed by atoms with Gasteiger partial charge in [0.05, 0.1) is 21.1 Å². The van der Waals surface area contributed by atoms with E-state index in [4.69, 9.17) is 4.74 Å². The highest BCUT2D eigenvalue weighted by atomic mass is 16.5. The number of esters is 1. The summed E-state index contributed by atoms with van der Waals surface area (Å²) < 4.78 is 5.90. The van der Waals surface area contributed by atoms with E-state index in [9.17, 15) is 4.79 Å². The fraction of sp³-hybridized carbons (Fsp3) is 0.944. The number of carbonyl (C=O) groups is 1. The lowest BCUT2D eigenvalue weighted by atomic mass is 10.1. The van der Waals surface area contributed by atoms with Crippen molar-refractivity contribution in [3.05, 3.63) is 0 Å². The van der Waals surface area contributed by atoms with E-state index in [-0.39, 0.29) is 5.97 Å². The highest BCUT2D eigenvalue weighted by Gasteiger charge is 2.10. The Morgan fingerprint density at radius 2 is 1.19 bits per heavy atom. The van der Waals surface area contributed by atoms with Crippen LogP contribution in [0.4, 0.5) is 0 Å². The van der Waals surface area contributed by atoms with Crippen molar-refractivity contribution in [2.75, 3.05) is 27.9 Å². The maximum absolute atomic E-state index is 11.5. The number of carbonyl (C=O) groups excluding carboxylic acids is 1. The zero-order valence-electron chi connectivity index (χ0n) is 15.0. The molecule has 126 valence electrons. The monoisotopic (exact) mass is 300 g/mol. The molecule has 21 heavy (non-hydrogen) atoms. The maximum Gasteiger partial charge on any atom is 0.310 e. The van der Waals surface area contributed by atoms with Gasteiger partial charge in [-0.25, -0.2) is 0 Å². The Labute approximate surface area is 132 Å². The van der Waals surface area contributed by atoms with Crippen molar-refractivity contribution < 1.29 is 14.0 Å². The zero-order chi connectivity index (χ0) is 16.0. The summed E-state index contributed by atoms with van der Waals surface area (Å²) in [7, 11) is 6.07. The standard InChI is InChI=1S/C18H38NO2/c1-5-6-7-8-9-10-11-12-13-14-15-16-18(20)21-17-19(2,3)4/h5-17H2,1-4H3/q+1. The van der Waals surface area contributed by atoms with Crippen molar-refractivity contribution >= 4 is 5.97 Å². The minimum atomic E-state index is -0.0426. The van der Waals surface area contributed by atoms with Gasteiger partial charge in [-0.1, -0.05) is 71.1 Å². The Hall–Kier alpha value is -0.570. The number of unbranched alkanes of at least 4 members (excludes halogenated alkanes) is 10. The summed E-state index contributed by atoms with van der Waals surface area (Å²) in [5.41, 5.74) is 0. The number of rotatable bonds is 14. The van der Waals surface area contributed by atoms with Crippen molar-refractivity contribution in [1.82, 2.24) is 0 Å². The summed E-state index contributed by atoms with van der Waals surface area (Å²) in [5.74, 6) is -0.0426. The van der Waals surface area contributed by atoms with Crippen molar-refractivity contribution in [3.8, 4) is 0 Å². The van der Waals surface area contributed by atoms with E-state index in [0.29, 0.717) is 17.6 Å². The average Bonchev–Trinajstić information content (AvgIpc) is 2.42. The van der Waals surface area contributed by atoms with Crippen LogP contribution >= 0.6 is 0 Å². The van der Waals surface area contributed by atoms with Crippen LogP contribution in [0, 0.1) is 0 Å². The first kappa shape index (κ1) is 20.4. The molecule has 0 heterocycles. The molecule has 0 unspecified atom stereocenters. The van der Waals surface area contributed by atoms with Gasteiger partial charge < -0.3 is 4.74 Å². The van der Waals surface area contributed by atoms with Crippen molar-refractivity contribution in [1.29, 1.82) is 0 Å². The molecule has 0 aliphatic carbocycles. The summed E-state index contributed by atoms with van der Waals surface area (Å²) in [6, 6.07) is 0. The molecule has 0 saturated carbocycles. The molecule has 0 aliphatic heterocycles. The lowest BCUT2D eigenvalue weighted by molar-refractivity contribution is -0.888. The molecule has 0 spiro atoms. The van der Waals surface area contributed by atoms with Crippen LogP contribution in [0.2, 0.25) is 0 Å². The van der Waals surface area contributed by atoms with Gasteiger partial charge in [0.25, 0.3) is 0 Å². The van der Waals surface area contributed by atoms with E-state index in [2.05, 4.69) is 6.92 Å². The van der Waals surface area contributed by atoms with Gasteiger partial charge in [-0.15, -0.1) is 0 Å². The second-order valence-corrected chi connectivity index (χ2v) is 7.22. The highest BCUT2D eigenvalue weighted by Crippen LogP contribution is 2.12. The van der Waals surface area contributed by atoms with E-state index in [0.717, 1.165) is 12.8 Å². The molecule has 0 radical (unpaired) electrons. The molecule has 0 amide bonds. The third kappa shape index (κ3) is 17.4. The molecule has 0 fully saturated rings. The highest BCUT2D eigenvalue weighted by molar-refractivity contribution is 5.69. The van der Waals surface area contributed by atoms with Crippen LogP contribution in [0.15, 0.2) is 0 Å². The molecule has 0 aromatic rings. The molecule has 0 rings (SSSR count). The first-order valence-corrected chi connectivity index (χ1v) is 8.92. The number of nitrogens with zero attached hydrogens (tertiary/aromatic N) is 1. The smallest absolute Gasteiger partial charge is 0.310 e. The first-order valence-electron chi connectivity index (χ1n) is 8.92. The fourth-order valence-corrected chi connectivity index (χ4v) is 2.27. The molecule has 0 atom stereocenters. The second kappa shape index (κ2) is 13.1. The maximum atomic E-state index is 11.5. The summed E-state index contributed by atoms with van der Waals surface area (Å²) in [5, 5.41) is 0. The Balaban J connectivity index is 3.20. The Bertz CT molecular complexity index is 246. The lowest BCUT2D eigenvalue weighted by Crippen LogP contribution is -2.37. The van der Waals surface area contributed by atoms with Gasteiger partial charge in [0.15, 0.2) is 0 Å². The van der Waals surface area contributed by atoms with Crippen molar-refractivity contribution in [3.63, 3.8) is 0 Å². The van der Waals surface area contributed by atoms with Gasteiger partial charge in [0, 0.05) is 6.42 Å². The van der Waals surface area contributed by atoms with Crippen LogP contribution in [0.1, 0.15) is 84.0 Å². The minimum absolute atomic E-state index is 0.0426. The molecule has 3 heteroatoms. The van der Waals surface area contributed by atoms with E-state index >= 15 is 0 Å². The van der Waals surface area contributed by atoms with Gasteiger partial charge in [-0.2, -0.15) is 0 Å². The molecule has 0 aromatic heterocycles. The molecule has 0 aliphatic rings. The van der Waals surface area contributed by atoms with Crippen LogP contribution in [-0.2, 0) is 9.53 Å². The fourth-order valence-electron chi connectivity index (χ4n) is 2.27. The van der Waals surface area contributed by atoms with E-state index < -0.39 is 0 Å². The van der Waals surface area contributed by atoms with Gasteiger partial charge >= 0.3 is 5.97 Å². The molecule has 0 aromatic carbocycles. The number of quaternary nitrogens is 1. The summed E-state index contributed by atoms with van der Waals surface area (Å²) >= 11 is 0. The zero-order valence-corrected chi connectivity index (χ0v) is 15.0. The Kier molecular flexibility index (Phi) is 12.8. The second-order valence-electron chi connectivity index (χ2n) is 7.22. The molecule has 0 bridgehead atoms. The van der Waals surface area contributed by atoms with Gasteiger partial charge in [-0.3, -0.25) is 9.28 Å². The SMILES string of the molecule is CCCCCCCCCCCCCC(=O)OC[N+](C)(C)C. The van der Waals surface area contributed by atoms with Crippen LogP contribution < -0.4 is 0 Å². The minimum Gasteiger partial charge on any atom is -0.415 e. The molecular weight excluding hydrogens is 262 g/mol. The van der Waals surface area contributed by atoms with Gasteiger partial charge in [0.1, 0.15) is 0 Å². The predicted octanol–water partition coefficient (Wildman–Crippen LogP) is 4.89. The average molecular weight is 301 g/mol. The molecule has 0 N–H and O–H groups in total. The van der Waals surface area contributed by atoms with Crippen LogP contribution in [0.3, 0.4) is 0 Å². The first-order chi connectivity index (χ1) is 9.95. The molecule has 0 saturated heterocycles. The lowest BCUT2D eigenvalue weighted by Gasteiger charge is -2.22. The Morgan fingerprint density at radius 1 is 0.762 bits per heavy atom. The number of hydrogen-bond acceptors (Lipinski definition) is 2. The van der Waals surface area contributed by atoms with Crippen LogP contribution in [-0.4, -0.2) is 38.3 Å². The predicted molar refractivity (Wildman–Crippen MR) is 90.1 cm³/mol. The summed E-state index contributed by atoms with van der Waals surface area (Å²) in [6.07, 6.45) is 15.0.